The van der Waals surface area contributed by atoms with E-state index in [2.05, 4.69) is 9.72 Å². The third kappa shape index (κ3) is 3.65. The number of carbonyl (C=O) groups excluding carboxylic acids is 1. The lowest BCUT2D eigenvalue weighted by Crippen LogP contribution is -2.31. The van der Waals surface area contributed by atoms with E-state index >= 15 is 0 Å². The summed E-state index contributed by atoms with van der Waals surface area (Å²) >= 11 is 0. The number of nitrogens with zero attached hydrogens (tertiary/aromatic N) is 1. The van der Waals surface area contributed by atoms with Crippen molar-refractivity contribution in [2.24, 2.45) is 0 Å². The van der Waals surface area contributed by atoms with Gasteiger partial charge in [0.2, 0.25) is 0 Å². The molecule has 0 aliphatic carbocycles. The van der Waals surface area contributed by atoms with Gasteiger partial charge in [-0.1, -0.05) is 0 Å². The number of aliphatic hydroxyl groups excluding tert-OH is 2. The van der Waals surface area contributed by atoms with Gasteiger partial charge in [0.25, 0.3) is 0 Å². The number of hydrogen-bond acceptors (Lipinski definition) is 5. The van der Waals surface area contributed by atoms with Crippen LogP contribution in [0.2, 0.25) is 0 Å². The van der Waals surface area contributed by atoms with Gasteiger partial charge in [-0.05, 0) is 19.1 Å². The van der Waals surface area contributed by atoms with Crippen molar-refractivity contribution < 1.29 is 32.9 Å². The van der Waals surface area contributed by atoms with E-state index in [1.54, 1.807) is 0 Å². The Kier molecular flexibility index (Phi) is 4.84. The monoisotopic (exact) mass is 279 g/mol. The van der Waals surface area contributed by atoms with E-state index in [9.17, 15) is 28.2 Å². The molecule has 1 aromatic rings. The number of ether oxygens (including phenoxy) is 1. The molecule has 19 heavy (non-hydrogen) atoms. The summed E-state index contributed by atoms with van der Waals surface area (Å²) in [5.41, 5.74) is -2.04. The van der Waals surface area contributed by atoms with Crippen molar-refractivity contribution in [2.45, 2.75) is 25.3 Å². The summed E-state index contributed by atoms with van der Waals surface area (Å²) in [7, 11) is 0. The molecule has 0 saturated heterocycles. The first kappa shape index (κ1) is 15.4. The third-order valence-electron chi connectivity index (χ3n) is 2.25. The van der Waals surface area contributed by atoms with Gasteiger partial charge in [-0.3, -0.25) is 4.98 Å². The molecule has 8 heteroatoms. The minimum atomic E-state index is -4.75. The molecule has 5 nitrogen and oxygen atoms in total. The molecule has 0 fully saturated rings. The van der Waals surface area contributed by atoms with E-state index < -0.39 is 35.6 Å². The molecule has 1 aromatic heterocycles. The van der Waals surface area contributed by atoms with Crippen molar-refractivity contribution in [2.75, 3.05) is 6.61 Å². The molecule has 1 heterocycles. The molecule has 0 saturated carbocycles. The Morgan fingerprint density at radius 3 is 2.63 bits per heavy atom. The first-order valence-corrected chi connectivity index (χ1v) is 5.34. The maximum atomic E-state index is 12.7. The number of hydrogen-bond donors (Lipinski definition) is 2. The van der Waals surface area contributed by atoms with Crippen LogP contribution in [0, 0.1) is 0 Å². The molecule has 0 radical (unpaired) electrons. The SMILES string of the molecule is CCOC(=O)C(O)C(O)c1ncccc1C(F)(F)F. The Hall–Kier alpha value is -1.67. The lowest BCUT2D eigenvalue weighted by molar-refractivity contribution is -0.161. The van der Waals surface area contributed by atoms with E-state index in [0.717, 1.165) is 12.3 Å². The number of alkyl halides is 3. The summed E-state index contributed by atoms with van der Waals surface area (Å²) in [6, 6.07) is 1.74. The minimum absolute atomic E-state index is 0.0725. The smallest absolute Gasteiger partial charge is 0.418 e. The summed E-state index contributed by atoms with van der Waals surface area (Å²) in [5, 5.41) is 19.0. The van der Waals surface area contributed by atoms with Crippen molar-refractivity contribution >= 4 is 5.97 Å². The number of carbonyl (C=O) groups is 1. The molecule has 106 valence electrons. The topological polar surface area (TPSA) is 79.7 Å². The van der Waals surface area contributed by atoms with Gasteiger partial charge in [0.15, 0.2) is 6.10 Å². The lowest BCUT2D eigenvalue weighted by Gasteiger charge is -2.19. The van der Waals surface area contributed by atoms with Gasteiger partial charge < -0.3 is 14.9 Å². The van der Waals surface area contributed by atoms with Crippen molar-refractivity contribution in [1.82, 2.24) is 4.98 Å². The number of aromatic nitrogens is 1. The molecular formula is C11H12F3NO4. The van der Waals surface area contributed by atoms with E-state index in [0.29, 0.717) is 6.07 Å². The molecule has 0 aromatic carbocycles. The van der Waals surface area contributed by atoms with Crippen LogP contribution in [0.4, 0.5) is 13.2 Å². The van der Waals surface area contributed by atoms with Crippen LogP contribution in [0.5, 0.6) is 0 Å². The predicted octanol–water partition coefficient (Wildman–Crippen LogP) is 1.06. The third-order valence-corrected chi connectivity index (χ3v) is 2.25. The van der Waals surface area contributed by atoms with Crippen LogP contribution in [0.25, 0.3) is 0 Å². The number of halogens is 3. The van der Waals surface area contributed by atoms with Gasteiger partial charge in [0.1, 0.15) is 6.10 Å². The Morgan fingerprint density at radius 1 is 1.47 bits per heavy atom. The highest BCUT2D eigenvalue weighted by Crippen LogP contribution is 2.34. The number of rotatable bonds is 4. The average molecular weight is 279 g/mol. The van der Waals surface area contributed by atoms with Crippen LogP contribution in [-0.4, -0.2) is 33.9 Å². The summed E-state index contributed by atoms with van der Waals surface area (Å²) < 4.78 is 42.4. The van der Waals surface area contributed by atoms with Gasteiger partial charge in [-0.25, -0.2) is 4.79 Å². The van der Waals surface area contributed by atoms with Gasteiger partial charge in [-0.15, -0.1) is 0 Å². The zero-order chi connectivity index (χ0) is 14.6. The summed E-state index contributed by atoms with van der Waals surface area (Å²) in [5.74, 6) is -1.21. The van der Waals surface area contributed by atoms with Crippen molar-refractivity contribution in [3.63, 3.8) is 0 Å². The van der Waals surface area contributed by atoms with Crippen LogP contribution < -0.4 is 0 Å². The molecule has 0 aliphatic rings. The fraction of sp³-hybridized carbons (Fsp3) is 0.455. The van der Waals surface area contributed by atoms with E-state index in [1.165, 1.54) is 6.92 Å². The Balaban J connectivity index is 3.06. The average Bonchev–Trinajstić information content (AvgIpc) is 2.36. The van der Waals surface area contributed by atoms with Crippen LogP contribution >= 0.6 is 0 Å². The number of aliphatic hydroxyl groups is 2. The lowest BCUT2D eigenvalue weighted by atomic mass is 10.0. The van der Waals surface area contributed by atoms with Gasteiger partial charge in [-0.2, -0.15) is 13.2 Å². The minimum Gasteiger partial charge on any atom is -0.464 e. The largest absolute Gasteiger partial charge is 0.464 e. The molecule has 2 N–H and O–H groups in total. The molecule has 0 bridgehead atoms. The molecular weight excluding hydrogens is 267 g/mol. The zero-order valence-corrected chi connectivity index (χ0v) is 9.89. The molecule has 0 aliphatic heterocycles. The highest BCUT2D eigenvalue weighted by Gasteiger charge is 2.39. The zero-order valence-electron chi connectivity index (χ0n) is 9.89. The fourth-order valence-corrected chi connectivity index (χ4v) is 1.40. The van der Waals surface area contributed by atoms with Crippen molar-refractivity contribution in [3.8, 4) is 0 Å². The molecule has 2 atom stereocenters. The second-order valence-electron chi connectivity index (χ2n) is 3.58. The maximum Gasteiger partial charge on any atom is 0.418 e. The van der Waals surface area contributed by atoms with Gasteiger partial charge in [0.05, 0.1) is 17.9 Å². The van der Waals surface area contributed by atoms with Crippen LogP contribution in [0.1, 0.15) is 24.3 Å². The van der Waals surface area contributed by atoms with E-state index in [4.69, 9.17) is 0 Å². The summed E-state index contributed by atoms with van der Waals surface area (Å²) in [6.45, 7) is 1.38. The van der Waals surface area contributed by atoms with Gasteiger partial charge in [0, 0.05) is 6.20 Å². The molecule has 0 amide bonds. The van der Waals surface area contributed by atoms with Crippen molar-refractivity contribution in [1.29, 1.82) is 0 Å². The van der Waals surface area contributed by atoms with Gasteiger partial charge >= 0.3 is 12.1 Å². The van der Waals surface area contributed by atoms with Crippen molar-refractivity contribution in [3.05, 3.63) is 29.6 Å². The van der Waals surface area contributed by atoms with E-state index in [-0.39, 0.29) is 6.61 Å². The Bertz CT molecular complexity index is 450. The van der Waals surface area contributed by atoms with Crippen LogP contribution in [0.15, 0.2) is 18.3 Å². The first-order valence-electron chi connectivity index (χ1n) is 5.34. The molecule has 2 unspecified atom stereocenters. The normalized spacial score (nSPS) is 14.8. The molecule has 1 rings (SSSR count). The fourth-order valence-electron chi connectivity index (χ4n) is 1.40. The second-order valence-corrected chi connectivity index (χ2v) is 3.58. The highest BCUT2D eigenvalue weighted by molar-refractivity contribution is 5.75. The van der Waals surface area contributed by atoms with E-state index in [1.807, 2.05) is 0 Å². The summed E-state index contributed by atoms with van der Waals surface area (Å²) in [6.07, 6.45) is -7.97. The number of pyridine rings is 1. The first-order chi connectivity index (χ1) is 8.79. The standard InChI is InChI=1S/C11H12F3NO4/c1-2-19-10(18)9(17)8(16)7-6(11(12,13)14)4-3-5-15-7/h3-5,8-9,16-17H,2H2,1H3. The quantitative estimate of drug-likeness (QED) is 0.806. The number of esters is 1. The molecule has 0 spiro atoms. The Labute approximate surface area is 106 Å². The van der Waals surface area contributed by atoms with Crippen LogP contribution in [0.3, 0.4) is 0 Å². The second kappa shape index (κ2) is 5.98. The Morgan fingerprint density at radius 2 is 2.11 bits per heavy atom. The predicted molar refractivity (Wildman–Crippen MR) is 56.8 cm³/mol. The highest BCUT2D eigenvalue weighted by atomic mass is 19.4. The van der Waals surface area contributed by atoms with Crippen LogP contribution in [-0.2, 0) is 15.7 Å². The maximum absolute atomic E-state index is 12.7. The summed E-state index contributed by atoms with van der Waals surface area (Å²) in [4.78, 5) is 14.5.